The summed E-state index contributed by atoms with van der Waals surface area (Å²) in [4.78, 5) is 21.8. The zero-order valence-corrected chi connectivity index (χ0v) is 11.6. The number of likely N-dealkylation sites (tertiary alicyclic amines) is 2. The molecule has 0 aromatic carbocycles. The average Bonchev–Trinajstić information content (AvgIpc) is 2.94. The summed E-state index contributed by atoms with van der Waals surface area (Å²) in [6.07, 6.45) is 4.94. The summed E-state index contributed by atoms with van der Waals surface area (Å²) >= 11 is 1.63. The second-order valence-corrected chi connectivity index (χ2v) is 6.67. The van der Waals surface area contributed by atoms with Crippen molar-refractivity contribution >= 4 is 17.2 Å². The van der Waals surface area contributed by atoms with Crippen LogP contribution in [-0.4, -0.2) is 47.4 Å². The van der Waals surface area contributed by atoms with Crippen LogP contribution >= 0.6 is 11.3 Å². The van der Waals surface area contributed by atoms with Gasteiger partial charge in [0, 0.05) is 24.0 Å². The molecule has 1 spiro atoms. The zero-order valence-electron chi connectivity index (χ0n) is 10.8. The van der Waals surface area contributed by atoms with E-state index in [1.807, 2.05) is 16.6 Å². The Hall–Kier alpha value is -0.940. The fraction of sp³-hybridized carbons (Fsp3) is 0.692. The molecule has 1 aromatic heterocycles. The van der Waals surface area contributed by atoms with Gasteiger partial charge in [-0.1, -0.05) is 0 Å². The van der Waals surface area contributed by atoms with Gasteiger partial charge in [0.1, 0.15) is 0 Å². The van der Waals surface area contributed by atoms with E-state index >= 15 is 0 Å². The molecule has 0 saturated carbocycles. The van der Waals surface area contributed by atoms with E-state index in [1.165, 1.54) is 4.88 Å². The molecule has 0 N–H and O–H groups in total. The Morgan fingerprint density at radius 2 is 2.22 bits per heavy atom. The predicted octanol–water partition coefficient (Wildman–Crippen LogP) is 1.59. The van der Waals surface area contributed by atoms with Gasteiger partial charge in [0.2, 0.25) is 5.91 Å². The molecule has 98 valence electrons. The first-order valence-corrected chi connectivity index (χ1v) is 7.39. The van der Waals surface area contributed by atoms with E-state index in [9.17, 15) is 4.79 Å². The fourth-order valence-corrected chi connectivity index (χ4v) is 3.67. The van der Waals surface area contributed by atoms with Gasteiger partial charge in [0.25, 0.3) is 0 Å². The van der Waals surface area contributed by atoms with E-state index in [2.05, 4.69) is 16.9 Å². The molecule has 2 fully saturated rings. The molecular weight excluding hydrogens is 246 g/mol. The van der Waals surface area contributed by atoms with E-state index in [0.717, 1.165) is 45.4 Å². The number of amides is 1. The topological polar surface area (TPSA) is 36.4 Å². The van der Waals surface area contributed by atoms with Crippen LogP contribution in [-0.2, 0) is 11.3 Å². The Kier molecular flexibility index (Phi) is 3.11. The van der Waals surface area contributed by atoms with Crippen molar-refractivity contribution in [1.82, 2.24) is 14.8 Å². The molecule has 5 heteroatoms. The van der Waals surface area contributed by atoms with Gasteiger partial charge in [-0.15, -0.1) is 11.3 Å². The lowest BCUT2D eigenvalue weighted by molar-refractivity contribution is -0.128. The number of hydrogen-bond acceptors (Lipinski definition) is 4. The first-order chi connectivity index (χ1) is 8.67. The number of carbonyl (C=O) groups excluding carboxylic acids is 1. The van der Waals surface area contributed by atoms with E-state index in [4.69, 9.17) is 0 Å². The zero-order chi connectivity index (χ0) is 12.6. The second-order valence-electron chi connectivity index (χ2n) is 5.70. The van der Waals surface area contributed by atoms with Crippen LogP contribution in [0.25, 0.3) is 0 Å². The highest BCUT2D eigenvalue weighted by Gasteiger charge is 2.44. The van der Waals surface area contributed by atoms with Crippen LogP contribution in [0.5, 0.6) is 0 Å². The molecule has 2 aliphatic rings. The maximum Gasteiger partial charge on any atom is 0.223 e. The summed E-state index contributed by atoms with van der Waals surface area (Å²) in [5, 5.41) is 0. The molecule has 3 heterocycles. The molecular formula is C13H19N3OS. The smallest absolute Gasteiger partial charge is 0.223 e. The van der Waals surface area contributed by atoms with Crippen molar-refractivity contribution in [3.63, 3.8) is 0 Å². The van der Waals surface area contributed by atoms with Crippen LogP contribution < -0.4 is 0 Å². The second kappa shape index (κ2) is 4.63. The summed E-state index contributed by atoms with van der Waals surface area (Å²) in [5.41, 5.74) is 2.09. The molecule has 0 radical (unpaired) electrons. The molecule has 2 aliphatic heterocycles. The summed E-state index contributed by atoms with van der Waals surface area (Å²) in [7, 11) is 2.17. The van der Waals surface area contributed by atoms with Crippen LogP contribution in [0.1, 0.15) is 24.1 Å². The Balaban J connectivity index is 1.67. The third-order valence-corrected chi connectivity index (χ3v) is 5.05. The lowest BCUT2D eigenvalue weighted by Gasteiger charge is -2.37. The van der Waals surface area contributed by atoms with Gasteiger partial charge >= 0.3 is 0 Å². The number of piperidine rings is 1. The minimum atomic E-state index is 0.258. The van der Waals surface area contributed by atoms with Crippen molar-refractivity contribution in [2.24, 2.45) is 5.41 Å². The summed E-state index contributed by atoms with van der Waals surface area (Å²) in [6.45, 7) is 3.95. The molecule has 0 atom stereocenters. The largest absolute Gasteiger partial charge is 0.337 e. The third kappa shape index (κ3) is 2.29. The molecule has 18 heavy (non-hydrogen) atoms. The molecule has 4 nitrogen and oxygen atoms in total. The van der Waals surface area contributed by atoms with Gasteiger partial charge in [0.15, 0.2) is 0 Å². The normalized spacial score (nSPS) is 24.1. The molecule has 2 saturated heterocycles. The highest BCUT2D eigenvalue weighted by Crippen LogP contribution is 2.41. The van der Waals surface area contributed by atoms with Gasteiger partial charge in [-0.25, -0.2) is 0 Å². The quantitative estimate of drug-likeness (QED) is 0.815. The summed E-state index contributed by atoms with van der Waals surface area (Å²) < 4.78 is 0. The number of thiazole rings is 1. The molecule has 0 bridgehead atoms. The standard InChI is InChI=1S/C13H19N3OS/c1-15-4-2-13(3-5-15)6-12(17)16(9-13)8-11-7-14-10-18-11/h7,10H,2-6,8-9H2,1H3. The molecule has 1 amide bonds. The van der Waals surface area contributed by atoms with Crippen LogP contribution in [0.2, 0.25) is 0 Å². The van der Waals surface area contributed by atoms with Gasteiger partial charge in [-0.3, -0.25) is 9.78 Å². The monoisotopic (exact) mass is 265 g/mol. The highest BCUT2D eigenvalue weighted by atomic mass is 32.1. The van der Waals surface area contributed by atoms with E-state index in [0.29, 0.717) is 5.91 Å². The molecule has 3 rings (SSSR count). The predicted molar refractivity (Wildman–Crippen MR) is 71.3 cm³/mol. The van der Waals surface area contributed by atoms with Crippen molar-refractivity contribution in [3.05, 3.63) is 16.6 Å². The molecule has 1 aromatic rings. The van der Waals surface area contributed by atoms with Gasteiger partial charge in [0.05, 0.1) is 12.1 Å². The Labute approximate surface area is 112 Å². The van der Waals surface area contributed by atoms with Crippen LogP contribution in [0.15, 0.2) is 11.7 Å². The third-order valence-electron chi connectivity index (χ3n) is 4.28. The van der Waals surface area contributed by atoms with Crippen LogP contribution in [0.4, 0.5) is 0 Å². The van der Waals surface area contributed by atoms with Crippen molar-refractivity contribution in [2.75, 3.05) is 26.7 Å². The number of rotatable bonds is 2. The molecule has 0 aliphatic carbocycles. The highest BCUT2D eigenvalue weighted by molar-refractivity contribution is 7.09. The summed E-state index contributed by atoms with van der Waals surface area (Å²) in [5.74, 6) is 0.327. The van der Waals surface area contributed by atoms with Gasteiger partial charge in [-0.2, -0.15) is 0 Å². The van der Waals surface area contributed by atoms with E-state index in [-0.39, 0.29) is 5.41 Å². The van der Waals surface area contributed by atoms with Crippen molar-refractivity contribution in [1.29, 1.82) is 0 Å². The Morgan fingerprint density at radius 1 is 1.44 bits per heavy atom. The maximum absolute atomic E-state index is 12.2. The summed E-state index contributed by atoms with van der Waals surface area (Å²) in [6, 6.07) is 0. The minimum absolute atomic E-state index is 0.258. The maximum atomic E-state index is 12.2. The molecule has 0 unspecified atom stereocenters. The first kappa shape index (κ1) is 12.1. The van der Waals surface area contributed by atoms with E-state index in [1.54, 1.807) is 11.3 Å². The lowest BCUT2D eigenvalue weighted by atomic mass is 9.78. The Bertz CT molecular complexity index is 423. The number of nitrogens with zero attached hydrogens (tertiary/aromatic N) is 3. The van der Waals surface area contributed by atoms with Crippen molar-refractivity contribution in [2.45, 2.75) is 25.8 Å². The number of carbonyl (C=O) groups is 1. The van der Waals surface area contributed by atoms with Gasteiger partial charge in [-0.05, 0) is 38.4 Å². The van der Waals surface area contributed by atoms with Crippen molar-refractivity contribution < 1.29 is 4.79 Å². The first-order valence-electron chi connectivity index (χ1n) is 6.51. The van der Waals surface area contributed by atoms with E-state index < -0.39 is 0 Å². The minimum Gasteiger partial charge on any atom is -0.337 e. The fourth-order valence-electron chi connectivity index (χ4n) is 3.06. The lowest BCUT2D eigenvalue weighted by Crippen LogP contribution is -2.39. The van der Waals surface area contributed by atoms with Crippen LogP contribution in [0.3, 0.4) is 0 Å². The number of hydrogen-bond donors (Lipinski definition) is 0. The Morgan fingerprint density at radius 3 is 2.89 bits per heavy atom. The van der Waals surface area contributed by atoms with Crippen LogP contribution in [0, 0.1) is 5.41 Å². The number of aromatic nitrogens is 1. The van der Waals surface area contributed by atoms with Crippen molar-refractivity contribution in [3.8, 4) is 0 Å². The SMILES string of the molecule is CN1CCC2(CC1)CC(=O)N(Cc1cncs1)C2. The van der Waals surface area contributed by atoms with Gasteiger partial charge < -0.3 is 9.80 Å². The average molecular weight is 265 g/mol.